The first-order chi connectivity index (χ1) is 13.0. The Balaban J connectivity index is 1.83. The van der Waals surface area contributed by atoms with Crippen molar-refractivity contribution in [2.75, 3.05) is 12.4 Å². The number of carbonyl (C=O) groups is 1. The molecule has 0 unspecified atom stereocenters. The Hall–Kier alpha value is -3.52. The summed E-state index contributed by atoms with van der Waals surface area (Å²) in [6.45, 7) is 2.28. The smallest absolute Gasteiger partial charge is 0.269 e. The molecule has 1 amide bonds. The van der Waals surface area contributed by atoms with Crippen molar-refractivity contribution in [1.82, 2.24) is 9.78 Å². The van der Waals surface area contributed by atoms with Crippen LogP contribution in [0.5, 0.6) is 0 Å². The highest BCUT2D eigenvalue weighted by Crippen LogP contribution is 2.20. The Bertz CT molecular complexity index is 962. The van der Waals surface area contributed by atoms with Crippen LogP contribution in [0.4, 0.5) is 11.5 Å². The minimum atomic E-state index is -0.464. The number of nitro benzene ring substituents is 1. The molecule has 27 heavy (non-hydrogen) atoms. The third-order valence-corrected chi connectivity index (χ3v) is 3.91. The SMILES string of the molecule is COCc1ccc(C(=O)Nc2cc(C)nn2-c2ccc([N+](=O)[O-])cc2)cc1. The first kappa shape index (κ1) is 18.3. The molecule has 2 aromatic carbocycles. The number of rotatable bonds is 6. The highest BCUT2D eigenvalue weighted by Gasteiger charge is 2.13. The van der Waals surface area contributed by atoms with Crippen molar-refractivity contribution in [3.63, 3.8) is 0 Å². The molecule has 0 radical (unpaired) electrons. The van der Waals surface area contributed by atoms with Crippen LogP contribution in [0.15, 0.2) is 54.6 Å². The molecule has 0 fully saturated rings. The standard InChI is InChI=1S/C19H18N4O4/c1-13-11-18(20-19(24)15-5-3-14(4-6-15)12-27-2)22(21-13)16-7-9-17(10-8-16)23(25)26/h3-11H,12H2,1-2H3,(H,20,24). The predicted octanol–water partition coefficient (Wildman–Crippen LogP) is 3.49. The van der Waals surface area contributed by atoms with Crippen molar-refractivity contribution in [2.45, 2.75) is 13.5 Å². The van der Waals surface area contributed by atoms with Crippen LogP contribution in [0.25, 0.3) is 5.69 Å². The van der Waals surface area contributed by atoms with Gasteiger partial charge in [0.05, 0.1) is 22.9 Å². The number of hydrogen-bond donors (Lipinski definition) is 1. The van der Waals surface area contributed by atoms with Crippen molar-refractivity contribution in [3.8, 4) is 5.69 Å². The molecule has 1 aromatic heterocycles. The van der Waals surface area contributed by atoms with E-state index < -0.39 is 4.92 Å². The Kier molecular flexibility index (Phi) is 5.28. The maximum absolute atomic E-state index is 12.5. The van der Waals surface area contributed by atoms with E-state index >= 15 is 0 Å². The Morgan fingerprint density at radius 3 is 2.44 bits per heavy atom. The lowest BCUT2D eigenvalue weighted by Crippen LogP contribution is -2.15. The lowest BCUT2D eigenvalue weighted by Gasteiger charge is -2.09. The maximum atomic E-state index is 12.5. The zero-order valence-corrected chi connectivity index (χ0v) is 14.9. The Labute approximate surface area is 155 Å². The monoisotopic (exact) mass is 366 g/mol. The summed E-state index contributed by atoms with van der Waals surface area (Å²) in [4.78, 5) is 22.9. The summed E-state index contributed by atoms with van der Waals surface area (Å²) in [6.07, 6.45) is 0. The van der Waals surface area contributed by atoms with Gasteiger partial charge in [0, 0.05) is 30.9 Å². The van der Waals surface area contributed by atoms with Gasteiger partial charge in [-0.1, -0.05) is 12.1 Å². The summed E-state index contributed by atoms with van der Waals surface area (Å²) in [5.74, 6) is 0.203. The molecule has 0 aliphatic heterocycles. The maximum Gasteiger partial charge on any atom is 0.269 e. The van der Waals surface area contributed by atoms with Gasteiger partial charge >= 0.3 is 0 Å². The van der Waals surface area contributed by atoms with E-state index in [1.165, 1.54) is 16.8 Å². The van der Waals surface area contributed by atoms with E-state index in [-0.39, 0.29) is 11.6 Å². The number of nitrogens with zero attached hydrogens (tertiary/aromatic N) is 3. The zero-order valence-electron chi connectivity index (χ0n) is 14.9. The Morgan fingerprint density at radius 2 is 1.85 bits per heavy atom. The van der Waals surface area contributed by atoms with Crippen molar-refractivity contribution in [2.24, 2.45) is 0 Å². The van der Waals surface area contributed by atoms with Gasteiger partial charge in [-0.25, -0.2) is 4.68 Å². The molecule has 1 N–H and O–H groups in total. The molecule has 8 heteroatoms. The van der Waals surface area contributed by atoms with E-state index in [0.717, 1.165) is 5.56 Å². The number of aromatic nitrogens is 2. The van der Waals surface area contributed by atoms with E-state index in [1.54, 1.807) is 44.4 Å². The average Bonchev–Trinajstić information content (AvgIpc) is 3.02. The molecule has 0 saturated heterocycles. The van der Waals surface area contributed by atoms with E-state index in [4.69, 9.17) is 4.74 Å². The summed E-state index contributed by atoms with van der Waals surface area (Å²) in [5, 5.41) is 18.0. The van der Waals surface area contributed by atoms with Gasteiger partial charge in [-0.05, 0) is 36.8 Å². The second-order valence-corrected chi connectivity index (χ2v) is 5.94. The van der Waals surface area contributed by atoms with Crippen molar-refractivity contribution in [1.29, 1.82) is 0 Å². The van der Waals surface area contributed by atoms with Gasteiger partial charge in [0.2, 0.25) is 0 Å². The fraction of sp³-hybridized carbons (Fsp3) is 0.158. The van der Waals surface area contributed by atoms with Crippen molar-refractivity contribution >= 4 is 17.4 Å². The highest BCUT2D eigenvalue weighted by atomic mass is 16.6. The second kappa shape index (κ2) is 7.79. The third-order valence-electron chi connectivity index (χ3n) is 3.91. The summed E-state index contributed by atoms with van der Waals surface area (Å²) in [5.41, 5.74) is 2.78. The number of hydrogen-bond acceptors (Lipinski definition) is 5. The van der Waals surface area contributed by atoms with Crippen molar-refractivity contribution in [3.05, 3.63) is 81.5 Å². The van der Waals surface area contributed by atoms with Gasteiger partial charge in [-0.15, -0.1) is 0 Å². The molecule has 0 aliphatic rings. The summed E-state index contributed by atoms with van der Waals surface area (Å²) >= 11 is 0. The number of nitro groups is 1. The molecular formula is C19H18N4O4. The van der Waals surface area contributed by atoms with Crippen molar-refractivity contribution < 1.29 is 14.5 Å². The molecular weight excluding hydrogens is 348 g/mol. The number of amides is 1. The first-order valence-corrected chi connectivity index (χ1v) is 8.18. The molecule has 0 bridgehead atoms. The zero-order chi connectivity index (χ0) is 19.4. The summed E-state index contributed by atoms with van der Waals surface area (Å²) in [6, 6.07) is 14.8. The van der Waals surface area contributed by atoms with Crippen LogP contribution < -0.4 is 5.32 Å². The fourth-order valence-corrected chi connectivity index (χ4v) is 2.61. The minimum Gasteiger partial charge on any atom is -0.380 e. The number of aryl methyl sites for hydroxylation is 1. The van der Waals surface area contributed by atoms with Gasteiger partial charge in [-0.2, -0.15) is 5.10 Å². The molecule has 138 valence electrons. The van der Waals surface area contributed by atoms with Crippen LogP contribution in [0.3, 0.4) is 0 Å². The topological polar surface area (TPSA) is 99.3 Å². The number of methoxy groups -OCH3 is 1. The van der Waals surface area contributed by atoms with Gasteiger partial charge in [0.1, 0.15) is 5.82 Å². The number of non-ortho nitro benzene ring substituents is 1. The molecule has 0 spiro atoms. The van der Waals surface area contributed by atoms with E-state index in [2.05, 4.69) is 10.4 Å². The first-order valence-electron chi connectivity index (χ1n) is 8.18. The quantitative estimate of drug-likeness (QED) is 0.532. The van der Waals surface area contributed by atoms with Crippen LogP contribution in [0, 0.1) is 17.0 Å². The lowest BCUT2D eigenvalue weighted by molar-refractivity contribution is -0.384. The molecule has 3 rings (SSSR count). The van der Waals surface area contributed by atoms with Gasteiger partial charge in [0.25, 0.3) is 11.6 Å². The lowest BCUT2D eigenvalue weighted by atomic mass is 10.1. The normalized spacial score (nSPS) is 10.6. The van der Waals surface area contributed by atoms with E-state index in [0.29, 0.717) is 29.4 Å². The van der Waals surface area contributed by atoms with Gasteiger partial charge < -0.3 is 10.1 Å². The van der Waals surface area contributed by atoms with Gasteiger partial charge in [-0.3, -0.25) is 14.9 Å². The third kappa shape index (κ3) is 4.18. The number of nitrogens with one attached hydrogen (secondary N) is 1. The van der Waals surface area contributed by atoms with Crippen LogP contribution in [0.1, 0.15) is 21.6 Å². The van der Waals surface area contributed by atoms with Crippen LogP contribution in [0.2, 0.25) is 0 Å². The van der Waals surface area contributed by atoms with Crippen LogP contribution in [-0.4, -0.2) is 27.7 Å². The molecule has 3 aromatic rings. The summed E-state index contributed by atoms with van der Waals surface area (Å²) < 4.78 is 6.60. The molecule has 0 atom stereocenters. The summed E-state index contributed by atoms with van der Waals surface area (Å²) in [7, 11) is 1.61. The molecule has 8 nitrogen and oxygen atoms in total. The van der Waals surface area contributed by atoms with Crippen LogP contribution >= 0.6 is 0 Å². The average molecular weight is 366 g/mol. The minimum absolute atomic E-state index is 0.00985. The van der Waals surface area contributed by atoms with Crippen LogP contribution in [-0.2, 0) is 11.3 Å². The molecule has 0 aliphatic carbocycles. The predicted molar refractivity (Wildman–Crippen MR) is 100 cm³/mol. The number of carbonyl (C=O) groups excluding carboxylic acids is 1. The van der Waals surface area contributed by atoms with E-state index in [9.17, 15) is 14.9 Å². The number of benzene rings is 2. The van der Waals surface area contributed by atoms with Gasteiger partial charge in [0.15, 0.2) is 0 Å². The largest absolute Gasteiger partial charge is 0.380 e. The number of ether oxygens (including phenoxy) is 1. The number of anilines is 1. The molecule has 1 heterocycles. The fourth-order valence-electron chi connectivity index (χ4n) is 2.61. The molecule has 0 saturated carbocycles. The Morgan fingerprint density at radius 1 is 1.19 bits per heavy atom. The van der Waals surface area contributed by atoms with E-state index in [1.807, 2.05) is 12.1 Å². The highest BCUT2D eigenvalue weighted by molar-refractivity contribution is 6.04. The second-order valence-electron chi connectivity index (χ2n) is 5.94.